The largest absolute Gasteiger partial charge is 0.507 e. The summed E-state index contributed by atoms with van der Waals surface area (Å²) in [6, 6.07) is 10.0. The number of nitrogens with one attached hydrogen (secondary N) is 1. The van der Waals surface area contributed by atoms with Crippen LogP contribution >= 0.6 is 11.8 Å². The van der Waals surface area contributed by atoms with Gasteiger partial charge in [-0.2, -0.15) is 0 Å². The number of thioether (sulfide) groups is 1. The van der Waals surface area contributed by atoms with Gasteiger partial charge in [-0.25, -0.2) is 4.79 Å². The van der Waals surface area contributed by atoms with E-state index in [1.54, 1.807) is 30.0 Å². The van der Waals surface area contributed by atoms with Crippen molar-refractivity contribution >= 4 is 35.0 Å². The van der Waals surface area contributed by atoms with Crippen molar-refractivity contribution in [3.63, 3.8) is 0 Å². The Morgan fingerprint density at radius 2 is 1.83 bits per heavy atom. The molecule has 1 saturated heterocycles. The number of amides is 1. The van der Waals surface area contributed by atoms with Gasteiger partial charge in [0, 0.05) is 30.4 Å². The number of rotatable bonds is 5. The van der Waals surface area contributed by atoms with Crippen molar-refractivity contribution in [1.29, 1.82) is 0 Å². The molecule has 2 aromatic rings. The predicted octanol–water partition coefficient (Wildman–Crippen LogP) is 4.68. The molecule has 2 aliphatic rings. The molecule has 30 heavy (non-hydrogen) atoms. The maximum absolute atomic E-state index is 13.0. The summed E-state index contributed by atoms with van der Waals surface area (Å²) in [6.07, 6.45) is 5.47. The van der Waals surface area contributed by atoms with Crippen LogP contribution < -0.4 is 10.2 Å². The van der Waals surface area contributed by atoms with Crippen LogP contribution in [-0.4, -0.2) is 40.9 Å². The Hall–Kier alpha value is -2.93. The van der Waals surface area contributed by atoms with Crippen LogP contribution in [0, 0.1) is 0 Å². The van der Waals surface area contributed by atoms with Gasteiger partial charge in [-0.1, -0.05) is 12.1 Å². The molecule has 6 nitrogen and oxygen atoms in total. The fourth-order valence-corrected chi connectivity index (χ4v) is 4.82. The summed E-state index contributed by atoms with van der Waals surface area (Å²) < 4.78 is 0. The lowest BCUT2D eigenvalue weighted by molar-refractivity contribution is 0.0698. The van der Waals surface area contributed by atoms with Crippen molar-refractivity contribution < 1.29 is 19.8 Å². The summed E-state index contributed by atoms with van der Waals surface area (Å²) in [6.45, 7) is 1.84. The Labute approximate surface area is 179 Å². The number of carboxylic acid groups (broad SMARTS) is 1. The van der Waals surface area contributed by atoms with Gasteiger partial charge in [-0.05, 0) is 60.6 Å². The first-order valence-corrected chi connectivity index (χ1v) is 11.1. The Bertz CT molecular complexity index is 999. The number of carbonyl (C=O) groups is 2. The van der Waals surface area contributed by atoms with Gasteiger partial charge in [0.05, 0.1) is 16.8 Å². The van der Waals surface area contributed by atoms with E-state index in [0.29, 0.717) is 0 Å². The van der Waals surface area contributed by atoms with E-state index in [1.165, 1.54) is 18.6 Å². The molecule has 156 valence electrons. The third-order valence-electron chi connectivity index (χ3n) is 5.58. The number of phenolic OH excluding ortho intramolecular Hbond substituents is 1. The van der Waals surface area contributed by atoms with Gasteiger partial charge in [-0.3, -0.25) is 4.79 Å². The highest BCUT2D eigenvalue weighted by atomic mass is 32.2. The predicted molar refractivity (Wildman–Crippen MR) is 120 cm³/mol. The third-order valence-corrected chi connectivity index (χ3v) is 6.48. The maximum Gasteiger partial charge on any atom is 0.337 e. The lowest BCUT2D eigenvalue weighted by Crippen LogP contribution is -2.29. The molecular formula is C23H24N2O4S. The number of benzene rings is 2. The Morgan fingerprint density at radius 1 is 1.03 bits per heavy atom. The molecule has 7 heteroatoms. The zero-order valence-corrected chi connectivity index (χ0v) is 17.3. The van der Waals surface area contributed by atoms with Crippen LogP contribution in [0.15, 0.2) is 47.9 Å². The van der Waals surface area contributed by atoms with Gasteiger partial charge in [0.2, 0.25) is 0 Å². The first kappa shape index (κ1) is 20.3. The number of aromatic carboxylic acids is 1. The topological polar surface area (TPSA) is 89.9 Å². The molecule has 1 atom stereocenters. The van der Waals surface area contributed by atoms with E-state index in [1.807, 2.05) is 11.5 Å². The van der Waals surface area contributed by atoms with E-state index in [4.69, 9.17) is 0 Å². The van der Waals surface area contributed by atoms with Crippen LogP contribution in [0.5, 0.6) is 5.75 Å². The molecule has 0 bridgehead atoms. The average molecular weight is 425 g/mol. The van der Waals surface area contributed by atoms with Crippen molar-refractivity contribution in [1.82, 2.24) is 0 Å². The van der Waals surface area contributed by atoms with Crippen molar-refractivity contribution in [2.45, 2.75) is 25.2 Å². The molecule has 3 N–H and O–H groups in total. The summed E-state index contributed by atoms with van der Waals surface area (Å²) in [4.78, 5) is 26.9. The minimum absolute atomic E-state index is 0.0217. The van der Waals surface area contributed by atoms with Gasteiger partial charge in [0.25, 0.3) is 5.91 Å². The highest BCUT2D eigenvalue weighted by Crippen LogP contribution is 2.33. The van der Waals surface area contributed by atoms with Crippen molar-refractivity contribution in [2.24, 2.45) is 0 Å². The normalized spacial score (nSPS) is 18.4. The minimum Gasteiger partial charge on any atom is -0.507 e. The van der Waals surface area contributed by atoms with Gasteiger partial charge < -0.3 is 20.4 Å². The summed E-state index contributed by atoms with van der Waals surface area (Å²) in [5.41, 5.74) is 2.23. The number of piperidine rings is 1. The van der Waals surface area contributed by atoms with Crippen LogP contribution in [0.25, 0.3) is 0 Å². The SMILES string of the molecule is O=C(Nc1cc(C2C=CSC2)ccc1C(=O)O)c1cc(N2CCCCC2)ccc1O. The number of nitrogens with zero attached hydrogens (tertiary/aromatic N) is 1. The number of phenols is 1. The second-order valence-corrected chi connectivity index (χ2v) is 8.52. The molecule has 0 spiro atoms. The van der Waals surface area contributed by atoms with Crippen molar-refractivity contribution in [3.8, 4) is 5.75 Å². The molecule has 1 unspecified atom stereocenters. The number of allylic oxidation sites excluding steroid dienone is 1. The second kappa shape index (κ2) is 8.83. The molecule has 2 aromatic carbocycles. The first-order valence-electron chi connectivity index (χ1n) is 10.1. The summed E-state index contributed by atoms with van der Waals surface area (Å²) in [7, 11) is 0. The zero-order chi connectivity index (χ0) is 21.1. The van der Waals surface area contributed by atoms with E-state index >= 15 is 0 Å². The van der Waals surface area contributed by atoms with Crippen LogP contribution in [0.2, 0.25) is 0 Å². The maximum atomic E-state index is 13.0. The van der Waals surface area contributed by atoms with Gasteiger partial charge in [-0.15, -0.1) is 11.8 Å². The summed E-state index contributed by atoms with van der Waals surface area (Å²) in [5, 5.41) is 24.6. The number of carboxylic acids is 1. The first-order chi connectivity index (χ1) is 14.5. The molecule has 0 aromatic heterocycles. The third kappa shape index (κ3) is 4.31. The Balaban J connectivity index is 1.62. The van der Waals surface area contributed by atoms with E-state index in [9.17, 15) is 19.8 Å². The smallest absolute Gasteiger partial charge is 0.337 e. The average Bonchev–Trinajstić information content (AvgIpc) is 3.29. The molecule has 2 aliphatic heterocycles. The number of hydrogen-bond donors (Lipinski definition) is 3. The number of anilines is 2. The molecule has 0 saturated carbocycles. The Morgan fingerprint density at radius 3 is 2.53 bits per heavy atom. The molecule has 4 rings (SSSR count). The number of aromatic hydroxyl groups is 1. The van der Waals surface area contributed by atoms with Crippen LogP contribution in [-0.2, 0) is 0 Å². The highest BCUT2D eigenvalue weighted by molar-refractivity contribution is 8.02. The Kier molecular flexibility index (Phi) is 5.99. The molecule has 1 amide bonds. The monoisotopic (exact) mass is 424 g/mol. The standard InChI is InChI=1S/C23H24N2O4S/c26-21-7-5-17(25-9-2-1-3-10-25)13-19(21)22(27)24-20-12-15(16-8-11-30-14-16)4-6-18(20)23(28)29/h4-8,11-13,16,26H,1-3,9-10,14H2,(H,24,27)(H,28,29). The molecule has 0 aliphatic carbocycles. The lowest BCUT2D eigenvalue weighted by atomic mass is 9.98. The minimum atomic E-state index is -1.11. The van der Waals surface area contributed by atoms with Gasteiger partial charge >= 0.3 is 5.97 Å². The van der Waals surface area contributed by atoms with Crippen LogP contribution in [0.4, 0.5) is 11.4 Å². The van der Waals surface area contributed by atoms with Gasteiger partial charge in [0.15, 0.2) is 0 Å². The van der Waals surface area contributed by atoms with Crippen LogP contribution in [0.3, 0.4) is 0 Å². The lowest BCUT2D eigenvalue weighted by Gasteiger charge is -2.29. The second-order valence-electron chi connectivity index (χ2n) is 7.58. The number of carbonyl (C=O) groups excluding carboxylic acids is 1. The van der Waals surface area contributed by atoms with Gasteiger partial charge in [0.1, 0.15) is 5.75 Å². The fourth-order valence-electron chi connectivity index (χ4n) is 3.90. The quantitative estimate of drug-likeness (QED) is 0.646. The highest BCUT2D eigenvalue weighted by Gasteiger charge is 2.21. The fraction of sp³-hybridized carbons (Fsp3) is 0.304. The molecule has 0 radical (unpaired) electrons. The van der Waals surface area contributed by atoms with Crippen molar-refractivity contribution in [2.75, 3.05) is 29.1 Å². The molecule has 2 heterocycles. The number of hydrogen-bond acceptors (Lipinski definition) is 5. The molecular weight excluding hydrogens is 400 g/mol. The van der Waals surface area contributed by atoms with E-state index in [-0.39, 0.29) is 28.5 Å². The zero-order valence-electron chi connectivity index (χ0n) is 16.5. The van der Waals surface area contributed by atoms with Crippen LogP contribution in [0.1, 0.15) is 51.5 Å². The van der Waals surface area contributed by atoms with Crippen molar-refractivity contribution in [3.05, 3.63) is 64.6 Å². The van der Waals surface area contributed by atoms with E-state index in [2.05, 4.69) is 16.3 Å². The van der Waals surface area contributed by atoms with E-state index < -0.39 is 11.9 Å². The molecule has 1 fully saturated rings. The summed E-state index contributed by atoms with van der Waals surface area (Å²) >= 11 is 1.70. The summed E-state index contributed by atoms with van der Waals surface area (Å²) in [5.74, 6) is -0.694. The van der Waals surface area contributed by atoms with E-state index in [0.717, 1.165) is 42.9 Å².